The average molecular weight is 261 g/mol. The van der Waals surface area contributed by atoms with Gasteiger partial charge in [-0.15, -0.1) is 10.2 Å². The quantitative estimate of drug-likeness (QED) is 0.922. The average Bonchev–Trinajstić information content (AvgIpc) is 3.03. The number of hydrogen-bond acceptors (Lipinski definition) is 5. The van der Waals surface area contributed by atoms with Crippen LogP contribution in [0.15, 0.2) is 24.3 Å². The van der Waals surface area contributed by atoms with Crippen molar-refractivity contribution < 1.29 is 4.74 Å². The molecule has 1 aromatic carbocycles. The van der Waals surface area contributed by atoms with Crippen molar-refractivity contribution in [2.75, 3.05) is 7.05 Å². The zero-order valence-corrected chi connectivity index (χ0v) is 11.2. The minimum absolute atomic E-state index is 0.0257. The van der Waals surface area contributed by atoms with E-state index in [-0.39, 0.29) is 12.1 Å². The van der Waals surface area contributed by atoms with E-state index in [2.05, 4.69) is 28.5 Å². The van der Waals surface area contributed by atoms with Crippen LogP contribution >= 0.6 is 11.3 Å². The molecule has 0 spiro atoms. The molecule has 0 amide bonds. The number of aromatic nitrogens is 2. The lowest BCUT2D eigenvalue weighted by atomic mass is 10.1. The molecule has 0 saturated heterocycles. The van der Waals surface area contributed by atoms with Gasteiger partial charge in [-0.3, -0.25) is 0 Å². The van der Waals surface area contributed by atoms with Gasteiger partial charge >= 0.3 is 0 Å². The molecule has 0 saturated carbocycles. The van der Waals surface area contributed by atoms with E-state index in [0.717, 1.165) is 22.2 Å². The van der Waals surface area contributed by atoms with Crippen molar-refractivity contribution in [3.05, 3.63) is 39.8 Å². The molecule has 0 bridgehead atoms. The van der Waals surface area contributed by atoms with Crippen LogP contribution in [0.3, 0.4) is 0 Å². The van der Waals surface area contributed by atoms with Crippen LogP contribution in [0.2, 0.25) is 0 Å². The fourth-order valence-electron chi connectivity index (χ4n) is 1.99. The normalized spacial score (nSPS) is 19.3. The smallest absolute Gasteiger partial charge is 0.158 e. The van der Waals surface area contributed by atoms with E-state index in [1.807, 2.05) is 25.2 Å². The van der Waals surface area contributed by atoms with Crippen LogP contribution in [0, 0.1) is 0 Å². The molecule has 94 valence electrons. The van der Waals surface area contributed by atoms with E-state index in [1.54, 1.807) is 11.3 Å². The van der Waals surface area contributed by atoms with Crippen molar-refractivity contribution in [2.24, 2.45) is 0 Å². The van der Waals surface area contributed by atoms with Gasteiger partial charge in [0.2, 0.25) is 0 Å². The number of hydrogen-bond donors (Lipinski definition) is 1. The minimum atomic E-state index is 0.0257. The molecule has 1 aliphatic rings. The first-order valence-electron chi connectivity index (χ1n) is 6.03. The summed E-state index contributed by atoms with van der Waals surface area (Å²) in [6.07, 6.45) is 0.913. The number of nitrogens with one attached hydrogen (secondary N) is 1. The maximum absolute atomic E-state index is 5.91. The molecule has 18 heavy (non-hydrogen) atoms. The highest BCUT2D eigenvalue weighted by Gasteiger charge is 2.27. The van der Waals surface area contributed by atoms with E-state index in [1.165, 1.54) is 5.56 Å². The summed E-state index contributed by atoms with van der Waals surface area (Å²) in [5.74, 6) is 0.973. The van der Waals surface area contributed by atoms with Gasteiger partial charge in [0, 0.05) is 6.42 Å². The molecule has 0 radical (unpaired) electrons. The number of nitrogens with zero attached hydrogens (tertiary/aromatic N) is 2. The van der Waals surface area contributed by atoms with Crippen LogP contribution in [0.5, 0.6) is 5.75 Å². The molecule has 4 nitrogen and oxygen atoms in total. The molecule has 1 N–H and O–H groups in total. The number of ether oxygens (including phenoxy) is 1. The van der Waals surface area contributed by atoms with Gasteiger partial charge in [-0.05, 0) is 25.6 Å². The summed E-state index contributed by atoms with van der Waals surface area (Å²) >= 11 is 1.62. The predicted octanol–water partition coefficient (Wildman–Crippen LogP) is 2.49. The third kappa shape index (κ3) is 2.00. The van der Waals surface area contributed by atoms with Crippen molar-refractivity contribution >= 4 is 11.3 Å². The summed E-state index contributed by atoms with van der Waals surface area (Å²) < 4.78 is 5.91. The maximum atomic E-state index is 5.91. The van der Waals surface area contributed by atoms with Gasteiger partial charge in [0.15, 0.2) is 11.1 Å². The summed E-state index contributed by atoms with van der Waals surface area (Å²) in [4.78, 5) is 0. The van der Waals surface area contributed by atoms with Gasteiger partial charge in [0.25, 0.3) is 0 Å². The molecule has 3 rings (SSSR count). The first-order chi connectivity index (χ1) is 8.78. The van der Waals surface area contributed by atoms with Crippen LogP contribution in [0.25, 0.3) is 0 Å². The molecule has 2 unspecified atom stereocenters. The summed E-state index contributed by atoms with van der Waals surface area (Å²) in [6.45, 7) is 2.08. The van der Waals surface area contributed by atoms with Crippen molar-refractivity contribution in [1.29, 1.82) is 0 Å². The molecule has 1 aromatic heterocycles. The second kappa shape index (κ2) is 4.66. The van der Waals surface area contributed by atoms with E-state index >= 15 is 0 Å². The monoisotopic (exact) mass is 261 g/mol. The molecule has 2 aromatic rings. The Morgan fingerprint density at radius 3 is 3.00 bits per heavy atom. The Kier molecular flexibility index (Phi) is 3.01. The lowest BCUT2D eigenvalue weighted by molar-refractivity contribution is 0.237. The van der Waals surface area contributed by atoms with Crippen molar-refractivity contribution in [2.45, 2.75) is 25.5 Å². The Balaban J connectivity index is 1.80. The van der Waals surface area contributed by atoms with Crippen LogP contribution < -0.4 is 10.1 Å². The van der Waals surface area contributed by atoms with Gasteiger partial charge < -0.3 is 10.1 Å². The molecule has 5 heteroatoms. The summed E-state index contributed by atoms with van der Waals surface area (Å²) in [6, 6.07) is 8.38. The van der Waals surface area contributed by atoms with Crippen molar-refractivity contribution in [1.82, 2.24) is 15.5 Å². The summed E-state index contributed by atoms with van der Waals surface area (Å²) in [5, 5.41) is 13.6. The second-order valence-electron chi connectivity index (χ2n) is 4.41. The van der Waals surface area contributed by atoms with Gasteiger partial charge in [-0.1, -0.05) is 29.5 Å². The Bertz CT molecular complexity index is 530. The van der Waals surface area contributed by atoms with E-state index in [4.69, 9.17) is 4.74 Å². The van der Waals surface area contributed by atoms with Crippen LogP contribution in [0.4, 0.5) is 0 Å². The van der Waals surface area contributed by atoms with Crippen molar-refractivity contribution in [3.63, 3.8) is 0 Å². The molecule has 0 aliphatic carbocycles. The lowest BCUT2D eigenvalue weighted by Crippen LogP contribution is -2.11. The molecule has 2 heterocycles. The van der Waals surface area contributed by atoms with E-state index in [0.29, 0.717) is 0 Å². The Labute approximate surface area is 110 Å². The zero-order chi connectivity index (χ0) is 12.5. The van der Waals surface area contributed by atoms with Gasteiger partial charge in [-0.25, -0.2) is 0 Å². The number of benzene rings is 1. The highest BCUT2D eigenvalue weighted by atomic mass is 32.1. The molecule has 2 atom stereocenters. The predicted molar refractivity (Wildman–Crippen MR) is 70.9 cm³/mol. The van der Waals surface area contributed by atoms with Crippen molar-refractivity contribution in [3.8, 4) is 5.75 Å². The number of fused-ring (bicyclic) bond motifs is 1. The number of para-hydroxylation sites is 1. The summed E-state index contributed by atoms with van der Waals surface area (Å²) in [7, 11) is 1.92. The highest BCUT2D eigenvalue weighted by molar-refractivity contribution is 7.11. The Morgan fingerprint density at radius 2 is 2.22 bits per heavy atom. The molecular formula is C13H15N3OS. The van der Waals surface area contributed by atoms with Gasteiger partial charge in [-0.2, -0.15) is 0 Å². The highest BCUT2D eigenvalue weighted by Crippen LogP contribution is 2.37. The van der Waals surface area contributed by atoms with Crippen LogP contribution in [0.1, 0.15) is 34.6 Å². The second-order valence-corrected chi connectivity index (χ2v) is 5.45. The van der Waals surface area contributed by atoms with Gasteiger partial charge in [0.1, 0.15) is 10.8 Å². The van der Waals surface area contributed by atoms with Crippen LogP contribution in [-0.2, 0) is 6.42 Å². The SMILES string of the molecule is CNC(C)c1nnc(C2Cc3ccccc3O2)s1. The molecule has 1 aliphatic heterocycles. The molecule has 0 fully saturated rings. The molecular weight excluding hydrogens is 246 g/mol. The maximum Gasteiger partial charge on any atom is 0.158 e. The lowest BCUT2D eigenvalue weighted by Gasteiger charge is -2.06. The number of rotatable bonds is 3. The fourth-order valence-corrected chi connectivity index (χ4v) is 2.93. The fraction of sp³-hybridized carbons (Fsp3) is 0.385. The van der Waals surface area contributed by atoms with Crippen LogP contribution in [-0.4, -0.2) is 17.2 Å². The van der Waals surface area contributed by atoms with E-state index in [9.17, 15) is 0 Å². The first-order valence-corrected chi connectivity index (χ1v) is 6.84. The third-order valence-electron chi connectivity index (χ3n) is 3.18. The Hall–Kier alpha value is -1.46. The first kappa shape index (κ1) is 11.6. The third-order valence-corrected chi connectivity index (χ3v) is 4.38. The topological polar surface area (TPSA) is 47.0 Å². The minimum Gasteiger partial charge on any atom is -0.483 e. The van der Waals surface area contributed by atoms with Gasteiger partial charge in [0.05, 0.1) is 6.04 Å². The largest absolute Gasteiger partial charge is 0.483 e. The van der Waals surface area contributed by atoms with E-state index < -0.39 is 0 Å². The summed E-state index contributed by atoms with van der Waals surface area (Å²) in [5.41, 5.74) is 1.25. The Morgan fingerprint density at radius 1 is 1.39 bits per heavy atom. The standard InChI is InChI=1S/C13H15N3OS/c1-8(14-2)12-15-16-13(18-12)11-7-9-5-3-4-6-10(9)17-11/h3-6,8,11,14H,7H2,1-2H3. The zero-order valence-electron chi connectivity index (χ0n) is 10.4.